The number of anilines is 2. The number of amides is 3. The van der Waals surface area contributed by atoms with Crippen LogP contribution in [0.4, 0.5) is 16.7 Å². The quantitative estimate of drug-likeness (QED) is 0.330. The standard InChI is InChI=1S/C20H22N8O2S/c1-10(2)15(14-4-3-7-31-14)24-18-25-16-11(8-13-17(29)26-20(30)23-13)9-21-28(16)19(27-18)22-12-5-6-12/h3-4,7-10,12,15H,5-6H2,1-2H3,(H2,22,24,25,27)(H2,23,26,29,30)/b13-8-. The Labute approximate surface area is 182 Å². The van der Waals surface area contributed by atoms with Gasteiger partial charge in [0.2, 0.25) is 11.9 Å². The zero-order valence-corrected chi connectivity index (χ0v) is 17.9. The highest BCUT2D eigenvalue weighted by Gasteiger charge is 2.26. The van der Waals surface area contributed by atoms with Crippen molar-refractivity contribution in [3.8, 4) is 0 Å². The summed E-state index contributed by atoms with van der Waals surface area (Å²) in [6, 6.07) is 4.01. The second kappa shape index (κ2) is 7.65. The second-order valence-electron chi connectivity index (χ2n) is 7.97. The Morgan fingerprint density at radius 2 is 2.10 bits per heavy atom. The van der Waals surface area contributed by atoms with E-state index in [-0.39, 0.29) is 11.7 Å². The number of nitrogens with one attached hydrogen (secondary N) is 4. The Hall–Kier alpha value is -3.47. The van der Waals surface area contributed by atoms with E-state index in [4.69, 9.17) is 4.98 Å². The Kier molecular flexibility index (Phi) is 4.81. The number of hydrogen-bond acceptors (Lipinski definition) is 8. The van der Waals surface area contributed by atoms with Crippen LogP contribution in [0.15, 0.2) is 29.4 Å². The molecule has 160 valence electrons. The Morgan fingerprint density at radius 1 is 1.26 bits per heavy atom. The smallest absolute Gasteiger partial charge is 0.326 e. The fraction of sp³-hybridized carbons (Fsp3) is 0.350. The summed E-state index contributed by atoms with van der Waals surface area (Å²) in [5, 5.41) is 18.0. The maximum atomic E-state index is 11.9. The second-order valence-corrected chi connectivity index (χ2v) is 8.95. The maximum Gasteiger partial charge on any atom is 0.326 e. The molecule has 5 rings (SSSR count). The Balaban J connectivity index is 1.56. The van der Waals surface area contributed by atoms with Crippen molar-refractivity contribution in [2.75, 3.05) is 10.6 Å². The van der Waals surface area contributed by atoms with E-state index >= 15 is 0 Å². The van der Waals surface area contributed by atoms with Gasteiger partial charge in [-0.1, -0.05) is 19.9 Å². The van der Waals surface area contributed by atoms with Gasteiger partial charge in [0, 0.05) is 16.5 Å². The first-order valence-corrected chi connectivity index (χ1v) is 11.0. The van der Waals surface area contributed by atoms with Gasteiger partial charge in [-0.15, -0.1) is 11.3 Å². The molecule has 0 radical (unpaired) electrons. The van der Waals surface area contributed by atoms with E-state index < -0.39 is 11.9 Å². The average molecular weight is 439 g/mol. The average Bonchev–Trinajstić information content (AvgIpc) is 3.10. The number of aromatic nitrogens is 4. The molecule has 0 aromatic carbocycles. The van der Waals surface area contributed by atoms with Gasteiger partial charge in [-0.25, -0.2) is 4.79 Å². The van der Waals surface area contributed by atoms with Gasteiger partial charge in [-0.05, 0) is 36.3 Å². The van der Waals surface area contributed by atoms with Crippen molar-refractivity contribution in [2.24, 2.45) is 5.92 Å². The van der Waals surface area contributed by atoms with Crippen molar-refractivity contribution in [3.63, 3.8) is 0 Å². The van der Waals surface area contributed by atoms with Crippen molar-refractivity contribution >= 4 is 46.9 Å². The normalized spacial score (nSPS) is 18.5. The lowest BCUT2D eigenvalue weighted by Crippen LogP contribution is -2.22. The molecular weight excluding hydrogens is 416 g/mol. The van der Waals surface area contributed by atoms with Gasteiger partial charge >= 0.3 is 6.03 Å². The number of rotatable bonds is 7. The van der Waals surface area contributed by atoms with E-state index in [0.717, 1.165) is 12.8 Å². The van der Waals surface area contributed by atoms with Crippen molar-refractivity contribution in [3.05, 3.63) is 39.8 Å². The predicted molar refractivity (Wildman–Crippen MR) is 118 cm³/mol. The first kappa shape index (κ1) is 19.5. The van der Waals surface area contributed by atoms with Gasteiger partial charge in [-0.2, -0.15) is 19.6 Å². The monoisotopic (exact) mass is 438 g/mol. The maximum absolute atomic E-state index is 11.9. The molecule has 4 heterocycles. The number of hydrogen-bond donors (Lipinski definition) is 4. The lowest BCUT2D eigenvalue weighted by Gasteiger charge is -2.21. The van der Waals surface area contributed by atoms with Crippen molar-refractivity contribution in [1.29, 1.82) is 0 Å². The molecule has 31 heavy (non-hydrogen) atoms. The van der Waals surface area contributed by atoms with E-state index in [1.54, 1.807) is 28.1 Å². The molecule has 1 aliphatic heterocycles. The summed E-state index contributed by atoms with van der Waals surface area (Å²) in [5.41, 5.74) is 1.30. The minimum absolute atomic E-state index is 0.0563. The van der Waals surface area contributed by atoms with Crippen LogP contribution in [0.3, 0.4) is 0 Å². The van der Waals surface area contributed by atoms with Crippen molar-refractivity contribution < 1.29 is 9.59 Å². The van der Waals surface area contributed by atoms with Gasteiger partial charge < -0.3 is 16.0 Å². The predicted octanol–water partition coefficient (Wildman–Crippen LogP) is 2.75. The lowest BCUT2D eigenvalue weighted by atomic mass is 10.0. The fourth-order valence-electron chi connectivity index (χ4n) is 3.38. The summed E-state index contributed by atoms with van der Waals surface area (Å²) < 4.78 is 1.63. The van der Waals surface area contributed by atoms with Gasteiger partial charge in [0.25, 0.3) is 5.91 Å². The lowest BCUT2D eigenvalue weighted by molar-refractivity contribution is -0.115. The molecule has 3 aromatic heterocycles. The van der Waals surface area contributed by atoms with Gasteiger partial charge in [-0.3, -0.25) is 10.1 Å². The summed E-state index contributed by atoms with van der Waals surface area (Å²) in [5.74, 6) is 0.906. The van der Waals surface area contributed by atoms with Crippen LogP contribution in [-0.2, 0) is 4.79 Å². The molecule has 1 saturated carbocycles. The highest BCUT2D eigenvalue weighted by atomic mass is 32.1. The molecule has 0 spiro atoms. The Bertz CT molecular complexity index is 1180. The molecule has 1 unspecified atom stereocenters. The van der Waals surface area contributed by atoms with E-state index in [2.05, 4.69) is 56.6 Å². The van der Waals surface area contributed by atoms with Crippen molar-refractivity contribution in [2.45, 2.75) is 38.8 Å². The van der Waals surface area contributed by atoms with Gasteiger partial charge in [0.15, 0.2) is 5.65 Å². The topological polar surface area (TPSA) is 125 Å². The van der Waals surface area contributed by atoms with E-state index in [1.807, 2.05) is 6.07 Å². The largest absolute Gasteiger partial charge is 0.351 e. The molecule has 10 nitrogen and oxygen atoms in total. The SMILES string of the molecule is CC(C)C(Nc1nc(NC2CC2)n2ncc(/C=C3\NC(=O)NC3=O)c2n1)c1cccs1. The number of nitrogens with zero attached hydrogens (tertiary/aromatic N) is 4. The fourth-order valence-corrected chi connectivity index (χ4v) is 4.33. The van der Waals surface area contributed by atoms with Gasteiger partial charge in [0.1, 0.15) is 5.70 Å². The molecular formula is C20H22N8O2S. The highest BCUT2D eigenvalue weighted by molar-refractivity contribution is 7.10. The third-order valence-electron chi connectivity index (χ3n) is 5.13. The zero-order valence-electron chi connectivity index (χ0n) is 17.0. The van der Waals surface area contributed by atoms with Crippen molar-refractivity contribution in [1.82, 2.24) is 30.2 Å². The molecule has 1 aliphatic carbocycles. The van der Waals surface area contributed by atoms with E-state index in [1.165, 1.54) is 4.88 Å². The number of thiophene rings is 1. The van der Waals surface area contributed by atoms with Crippen LogP contribution in [0.1, 0.15) is 43.2 Å². The minimum atomic E-state index is -0.545. The van der Waals surface area contributed by atoms with Crippen LogP contribution in [0.25, 0.3) is 11.7 Å². The van der Waals surface area contributed by atoms with Crippen LogP contribution < -0.4 is 21.3 Å². The summed E-state index contributed by atoms with van der Waals surface area (Å²) >= 11 is 1.69. The van der Waals surface area contributed by atoms with Crippen LogP contribution in [0, 0.1) is 5.92 Å². The molecule has 1 saturated heterocycles. The number of urea groups is 1. The van der Waals surface area contributed by atoms with E-state index in [9.17, 15) is 9.59 Å². The Morgan fingerprint density at radius 3 is 2.74 bits per heavy atom. The molecule has 0 bridgehead atoms. The summed E-state index contributed by atoms with van der Waals surface area (Å²) in [4.78, 5) is 34.0. The molecule has 1 atom stereocenters. The third kappa shape index (κ3) is 3.96. The third-order valence-corrected chi connectivity index (χ3v) is 6.08. The van der Waals surface area contributed by atoms with Crippen LogP contribution in [-0.4, -0.2) is 37.6 Å². The molecule has 2 aliphatic rings. The molecule has 11 heteroatoms. The molecule has 2 fully saturated rings. The van der Waals surface area contributed by atoms with E-state index in [0.29, 0.717) is 35.1 Å². The van der Waals surface area contributed by atoms with Crippen LogP contribution in [0.2, 0.25) is 0 Å². The summed E-state index contributed by atoms with van der Waals surface area (Å²) in [7, 11) is 0. The number of carbonyl (C=O) groups excluding carboxylic acids is 2. The number of fused-ring (bicyclic) bond motifs is 1. The first-order valence-electron chi connectivity index (χ1n) is 10.1. The van der Waals surface area contributed by atoms with Crippen LogP contribution >= 0.6 is 11.3 Å². The summed E-state index contributed by atoms with van der Waals surface area (Å²) in [6.07, 6.45) is 5.35. The highest BCUT2D eigenvalue weighted by Crippen LogP contribution is 2.30. The van der Waals surface area contributed by atoms with Crippen LogP contribution in [0.5, 0.6) is 0 Å². The summed E-state index contributed by atoms with van der Waals surface area (Å²) in [6.45, 7) is 4.30. The first-order chi connectivity index (χ1) is 15.0. The molecule has 4 N–H and O–H groups in total. The zero-order chi connectivity index (χ0) is 21.5. The molecule has 3 aromatic rings. The minimum Gasteiger partial charge on any atom is -0.351 e. The number of carbonyl (C=O) groups is 2. The number of imide groups is 1. The molecule has 3 amide bonds. The van der Waals surface area contributed by atoms with Gasteiger partial charge in [0.05, 0.1) is 12.2 Å².